The number of alkyl carbamates (subject to hydrolysis) is 1. The Morgan fingerprint density at radius 1 is 1.25 bits per heavy atom. The fraction of sp³-hybridized carbons (Fsp3) is 0.471. The Bertz CT molecular complexity index is 676. The van der Waals surface area contributed by atoms with Crippen LogP contribution in [0.3, 0.4) is 0 Å². The lowest BCUT2D eigenvalue weighted by Gasteiger charge is -2.19. The van der Waals surface area contributed by atoms with Crippen molar-refractivity contribution < 1.29 is 9.53 Å². The van der Waals surface area contributed by atoms with Crippen LogP contribution in [0, 0.1) is 0 Å². The highest BCUT2D eigenvalue weighted by Crippen LogP contribution is 2.25. The number of aromatic nitrogens is 3. The van der Waals surface area contributed by atoms with Crippen LogP contribution >= 0.6 is 0 Å². The second-order valence-electron chi connectivity index (χ2n) is 6.52. The van der Waals surface area contributed by atoms with Gasteiger partial charge in [0.1, 0.15) is 11.9 Å². The molecular weight excluding hydrogens is 306 g/mol. The van der Waals surface area contributed by atoms with E-state index in [0.717, 1.165) is 30.0 Å². The van der Waals surface area contributed by atoms with E-state index in [9.17, 15) is 4.79 Å². The molecule has 0 unspecified atom stereocenters. The zero-order valence-electron chi connectivity index (χ0n) is 14.7. The molecular formula is C17H25N5O2. The highest BCUT2D eigenvalue weighted by Gasteiger charge is 2.15. The van der Waals surface area contributed by atoms with Gasteiger partial charge < -0.3 is 19.9 Å². The summed E-state index contributed by atoms with van der Waals surface area (Å²) in [5.74, 6) is 0.810. The first kappa shape index (κ1) is 17.8. The second kappa shape index (κ2) is 7.81. The molecule has 0 radical (unpaired) electrons. The summed E-state index contributed by atoms with van der Waals surface area (Å²) < 4.78 is 7.07. The van der Waals surface area contributed by atoms with E-state index in [-0.39, 0.29) is 6.09 Å². The number of carbonyl (C=O) groups is 1. The summed E-state index contributed by atoms with van der Waals surface area (Å²) in [4.78, 5) is 11.6. The van der Waals surface area contributed by atoms with Crippen molar-refractivity contribution in [3.05, 3.63) is 30.6 Å². The van der Waals surface area contributed by atoms with E-state index in [0.29, 0.717) is 6.54 Å². The number of ether oxygens (including phenoxy) is 1. The average Bonchev–Trinajstić information content (AvgIpc) is 2.91. The molecule has 1 amide bonds. The number of benzene rings is 1. The van der Waals surface area contributed by atoms with Crippen molar-refractivity contribution in [1.29, 1.82) is 0 Å². The van der Waals surface area contributed by atoms with E-state index in [4.69, 9.17) is 4.74 Å². The molecule has 130 valence electrons. The predicted octanol–water partition coefficient (Wildman–Crippen LogP) is 2.81. The van der Waals surface area contributed by atoms with Crippen molar-refractivity contribution in [3.63, 3.8) is 0 Å². The summed E-state index contributed by atoms with van der Waals surface area (Å²) in [6.45, 7) is 6.81. The molecule has 0 fully saturated rings. The molecule has 0 bridgehead atoms. The van der Waals surface area contributed by atoms with Crippen LogP contribution < -0.4 is 10.6 Å². The summed E-state index contributed by atoms with van der Waals surface area (Å²) in [5.41, 5.74) is 1.51. The number of para-hydroxylation sites is 1. The molecule has 2 rings (SSSR count). The third kappa shape index (κ3) is 5.26. The number of hydrogen-bond donors (Lipinski definition) is 2. The molecule has 0 aliphatic heterocycles. The number of amides is 1. The standard InChI is InChI=1S/C17H25N5O2/c1-17(2,3)24-16(23)19-11-7-10-18-14-9-6-5-8-13(14)15-21-20-12-22(15)4/h5-6,8-9,12,18H,7,10-11H2,1-4H3,(H,19,23). The molecule has 0 aliphatic carbocycles. The molecule has 0 saturated carbocycles. The topological polar surface area (TPSA) is 81.1 Å². The van der Waals surface area contributed by atoms with Crippen molar-refractivity contribution in [2.75, 3.05) is 18.4 Å². The van der Waals surface area contributed by atoms with Crippen molar-refractivity contribution in [2.24, 2.45) is 7.05 Å². The maximum atomic E-state index is 11.6. The molecule has 0 saturated heterocycles. The highest BCUT2D eigenvalue weighted by atomic mass is 16.6. The van der Waals surface area contributed by atoms with Crippen molar-refractivity contribution in [3.8, 4) is 11.4 Å². The van der Waals surface area contributed by atoms with Gasteiger partial charge in [0.15, 0.2) is 5.82 Å². The average molecular weight is 331 g/mol. The normalized spacial score (nSPS) is 11.2. The van der Waals surface area contributed by atoms with E-state index in [2.05, 4.69) is 20.8 Å². The smallest absolute Gasteiger partial charge is 0.407 e. The Morgan fingerprint density at radius 3 is 2.67 bits per heavy atom. The van der Waals surface area contributed by atoms with Gasteiger partial charge in [-0.05, 0) is 39.3 Å². The van der Waals surface area contributed by atoms with Crippen LogP contribution in [-0.2, 0) is 11.8 Å². The molecule has 7 heteroatoms. The third-order valence-corrected chi connectivity index (χ3v) is 3.22. The summed E-state index contributed by atoms with van der Waals surface area (Å²) in [5, 5.41) is 14.2. The number of hydrogen-bond acceptors (Lipinski definition) is 5. The lowest BCUT2D eigenvalue weighted by Crippen LogP contribution is -2.33. The molecule has 1 aromatic carbocycles. The first-order chi connectivity index (χ1) is 11.4. The van der Waals surface area contributed by atoms with E-state index in [1.54, 1.807) is 6.33 Å². The Hall–Kier alpha value is -2.57. The van der Waals surface area contributed by atoms with Crippen LogP contribution in [0.2, 0.25) is 0 Å². The van der Waals surface area contributed by atoms with Crippen LogP contribution in [-0.4, -0.2) is 39.5 Å². The van der Waals surface area contributed by atoms with E-state index in [1.165, 1.54) is 0 Å². The van der Waals surface area contributed by atoms with Gasteiger partial charge in [0.05, 0.1) is 0 Å². The molecule has 0 aliphatic rings. The first-order valence-electron chi connectivity index (χ1n) is 8.01. The first-order valence-corrected chi connectivity index (χ1v) is 8.01. The minimum atomic E-state index is -0.475. The second-order valence-corrected chi connectivity index (χ2v) is 6.52. The van der Waals surface area contributed by atoms with Gasteiger partial charge in [-0.2, -0.15) is 0 Å². The van der Waals surface area contributed by atoms with E-state index < -0.39 is 5.60 Å². The SMILES string of the molecule is Cn1cnnc1-c1ccccc1NCCCNC(=O)OC(C)(C)C. The van der Waals surface area contributed by atoms with Crippen LogP contribution in [0.1, 0.15) is 27.2 Å². The van der Waals surface area contributed by atoms with Gasteiger partial charge in [0.2, 0.25) is 0 Å². The fourth-order valence-corrected chi connectivity index (χ4v) is 2.18. The van der Waals surface area contributed by atoms with Gasteiger partial charge in [0.25, 0.3) is 0 Å². The molecule has 7 nitrogen and oxygen atoms in total. The molecule has 2 aromatic rings. The molecule has 1 aromatic heterocycles. The van der Waals surface area contributed by atoms with Crippen molar-refractivity contribution in [1.82, 2.24) is 20.1 Å². The summed E-state index contributed by atoms with van der Waals surface area (Å²) in [6.07, 6.45) is 2.07. The number of anilines is 1. The highest BCUT2D eigenvalue weighted by molar-refractivity contribution is 5.73. The van der Waals surface area contributed by atoms with Gasteiger partial charge in [-0.3, -0.25) is 0 Å². The van der Waals surface area contributed by atoms with Gasteiger partial charge >= 0.3 is 6.09 Å². The zero-order chi connectivity index (χ0) is 17.6. The quantitative estimate of drug-likeness (QED) is 0.796. The van der Waals surface area contributed by atoms with Gasteiger partial charge in [-0.1, -0.05) is 12.1 Å². The maximum Gasteiger partial charge on any atom is 0.407 e. The summed E-state index contributed by atoms with van der Waals surface area (Å²) in [7, 11) is 1.91. The largest absolute Gasteiger partial charge is 0.444 e. The third-order valence-electron chi connectivity index (χ3n) is 3.22. The van der Waals surface area contributed by atoms with Crippen LogP contribution in [0.5, 0.6) is 0 Å². The Labute approximate surface area is 142 Å². The minimum Gasteiger partial charge on any atom is -0.444 e. The van der Waals surface area contributed by atoms with Gasteiger partial charge in [-0.15, -0.1) is 10.2 Å². The fourth-order valence-electron chi connectivity index (χ4n) is 2.18. The summed E-state index contributed by atoms with van der Waals surface area (Å²) in [6, 6.07) is 7.96. The van der Waals surface area contributed by atoms with Crippen LogP contribution in [0.15, 0.2) is 30.6 Å². The predicted molar refractivity (Wildman–Crippen MR) is 93.8 cm³/mol. The minimum absolute atomic E-state index is 0.387. The van der Waals surface area contributed by atoms with Gasteiger partial charge in [-0.25, -0.2) is 4.79 Å². The lowest BCUT2D eigenvalue weighted by atomic mass is 10.1. The van der Waals surface area contributed by atoms with E-state index in [1.807, 2.05) is 56.7 Å². The number of rotatable bonds is 6. The Morgan fingerprint density at radius 2 is 2.00 bits per heavy atom. The molecule has 1 heterocycles. The molecule has 2 N–H and O–H groups in total. The van der Waals surface area contributed by atoms with Crippen molar-refractivity contribution in [2.45, 2.75) is 32.8 Å². The maximum absolute atomic E-state index is 11.6. The number of nitrogens with one attached hydrogen (secondary N) is 2. The lowest BCUT2D eigenvalue weighted by molar-refractivity contribution is 0.0528. The number of carbonyl (C=O) groups excluding carboxylic acids is 1. The summed E-state index contributed by atoms with van der Waals surface area (Å²) >= 11 is 0. The van der Waals surface area contributed by atoms with Crippen LogP contribution in [0.25, 0.3) is 11.4 Å². The van der Waals surface area contributed by atoms with Crippen LogP contribution in [0.4, 0.5) is 10.5 Å². The molecule has 0 spiro atoms. The number of nitrogens with zero attached hydrogens (tertiary/aromatic N) is 3. The van der Waals surface area contributed by atoms with Gasteiger partial charge in [0, 0.05) is 31.4 Å². The van der Waals surface area contributed by atoms with E-state index >= 15 is 0 Å². The molecule has 24 heavy (non-hydrogen) atoms. The zero-order valence-corrected chi connectivity index (χ0v) is 14.7. The monoisotopic (exact) mass is 331 g/mol. The Balaban J connectivity index is 1.82. The van der Waals surface area contributed by atoms with Crippen molar-refractivity contribution >= 4 is 11.8 Å². The number of aryl methyl sites for hydroxylation is 1. The Kier molecular flexibility index (Phi) is 5.78. The molecule has 0 atom stereocenters.